The summed E-state index contributed by atoms with van der Waals surface area (Å²) in [6, 6.07) is -0.338. The first-order valence-electron chi connectivity index (χ1n) is 11.5. The van der Waals surface area contributed by atoms with Gasteiger partial charge in [-0.25, -0.2) is 18.3 Å². The van der Waals surface area contributed by atoms with Gasteiger partial charge < -0.3 is 34.9 Å². The van der Waals surface area contributed by atoms with Crippen LogP contribution in [0.3, 0.4) is 0 Å². The van der Waals surface area contributed by atoms with Crippen molar-refractivity contribution in [1.29, 1.82) is 0 Å². The average molecular weight is 572 g/mol. The number of hydrogen-bond donors (Lipinski definition) is 3. The highest BCUT2D eigenvalue weighted by Crippen LogP contribution is 2.28. The van der Waals surface area contributed by atoms with E-state index in [1.807, 2.05) is 0 Å². The third-order valence-electron chi connectivity index (χ3n) is 5.78. The second kappa shape index (κ2) is 13.4. The van der Waals surface area contributed by atoms with Crippen LogP contribution in [0.15, 0.2) is 18.3 Å². The number of esters is 1. The fourth-order valence-electron chi connectivity index (χ4n) is 3.78. The van der Waals surface area contributed by atoms with Crippen LogP contribution in [0.25, 0.3) is 5.69 Å². The summed E-state index contributed by atoms with van der Waals surface area (Å²) in [4.78, 5) is 50.7. The number of benzene rings is 1. The van der Waals surface area contributed by atoms with Crippen molar-refractivity contribution in [3.8, 4) is 5.69 Å². The van der Waals surface area contributed by atoms with Gasteiger partial charge in [0.05, 0.1) is 44.8 Å². The molecular weight excluding hydrogens is 544 g/mol. The number of nitrogens with two attached hydrogens (primary N) is 1. The van der Waals surface area contributed by atoms with Crippen molar-refractivity contribution < 1.29 is 42.0 Å². The highest BCUT2D eigenvalue weighted by molar-refractivity contribution is 8.09. The van der Waals surface area contributed by atoms with Crippen LogP contribution in [0, 0.1) is 11.6 Å². The van der Waals surface area contributed by atoms with Crippen LogP contribution < -0.4 is 16.0 Å². The maximum atomic E-state index is 15.0. The topological polar surface area (TPSA) is 182 Å². The van der Waals surface area contributed by atoms with E-state index in [1.165, 1.54) is 23.1 Å². The molecule has 1 aliphatic rings. The van der Waals surface area contributed by atoms with Crippen molar-refractivity contribution in [2.24, 2.45) is 5.73 Å². The normalized spacial score (nSPS) is 15.0. The Bertz CT molecular complexity index is 1200. The summed E-state index contributed by atoms with van der Waals surface area (Å²) in [5.41, 5.74) is 5.60. The Labute approximate surface area is 225 Å². The molecule has 0 radical (unpaired) electrons. The predicted octanol–water partition coefficient (Wildman–Crippen LogP) is -0.945. The summed E-state index contributed by atoms with van der Waals surface area (Å²) < 4.78 is 40.2. The number of halogens is 2. The Morgan fingerprint density at radius 1 is 1.15 bits per heavy atom. The molecule has 3 rings (SSSR count). The molecule has 1 saturated heterocycles. The van der Waals surface area contributed by atoms with Gasteiger partial charge in [0.25, 0.3) is 0 Å². The number of anilines is 1. The minimum atomic E-state index is -1.29. The number of amides is 2. The van der Waals surface area contributed by atoms with Gasteiger partial charge in [-0.2, -0.15) is 0 Å². The standard InChI is InChI=1S/C22H27F2N7O7S/c1-37-21(35)16(11-32)26-17(33)9-18(34)29-3-5-30(6-4-29)20-13(23)7-12(8-14(20)24)31-10-15(27-28-31)19(25)22(36)39-38-2/h7-8,10,16,19,32H,3-6,9,11,25H2,1-2H3,(H,26,33)/t16?,19-/m0/s1. The van der Waals surface area contributed by atoms with Crippen molar-refractivity contribution in [2.75, 3.05) is 51.9 Å². The summed E-state index contributed by atoms with van der Waals surface area (Å²) in [6.07, 6.45) is 0.700. The maximum Gasteiger partial charge on any atom is 0.330 e. The van der Waals surface area contributed by atoms with Crippen LogP contribution in [0.4, 0.5) is 14.5 Å². The van der Waals surface area contributed by atoms with Crippen LogP contribution in [-0.2, 0) is 28.1 Å². The molecule has 17 heteroatoms. The molecule has 39 heavy (non-hydrogen) atoms. The number of aliphatic hydroxyl groups excluding tert-OH is 1. The molecule has 2 aromatic rings. The zero-order valence-corrected chi connectivity index (χ0v) is 21.8. The molecule has 1 aromatic heterocycles. The van der Waals surface area contributed by atoms with Crippen molar-refractivity contribution in [3.05, 3.63) is 35.7 Å². The molecule has 1 aromatic carbocycles. The molecule has 1 fully saturated rings. The number of rotatable bonds is 10. The lowest BCUT2D eigenvalue weighted by molar-refractivity contribution is -0.147. The highest BCUT2D eigenvalue weighted by atomic mass is 32.2. The first-order valence-corrected chi connectivity index (χ1v) is 12.3. The van der Waals surface area contributed by atoms with Gasteiger partial charge in [0.15, 0.2) is 17.7 Å². The summed E-state index contributed by atoms with van der Waals surface area (Å²) >= 11 is 0.535. The van der Waals surface area contributed by atoms with Crippen LogP contribution in [0.2, 0.25) is 0 Å². The Morgan fingerprint density at radius 3 is 2.36 bits per heavy atom. The van der Waals surface area contributed by atoms with Crippen LogP contribution >= 0.6 is 12.0 Å². The number of aromatic nitrogens is 3. The fourth-order valence-corrected chi connectivity index (χ4v) is 4.17. The largest absolute Gasteiger partial charge is 0.467 e. The molecule has 1 unspecified atom stereocenters. The minimum Gasteiger partial charge on any atom is -0.467 e. The predicted molar refractivity (Wildman–Crippen MR) is 132 cm³/mol. The number of carbonyl (C=O) groups is 4. The molecule has 14 nitrogen and oxygen atoms in total. The summed E-state index contributed by atoms with van der Waals surface area (Å²) in [5.74, 6) is -3.94. The Kier molecular flexibility index (Phi) is 10.3. The van der Waals surface area contributed by atoms with E-state index in [4.69, 9.17) is 5.73 Å². The number of hydrogen-bond acceptors (Lipinski definition) is 12. The van der Waals surface area contributed by atoms with Crippen LogP contribution in [-0.4, -0.2) is 101 Å². The number of nitrogens with one attached hydrogen (secondary N) is 1. The zero-order chi connectivity index (χ0) is 28.7. The maximum absolute atomic E-state index is 15.0. The van der Waals surface area contributed by atoms with E-state index in [9.17, 15) is 24.3 Å². The van der Waals surface area contributed by atoms with E-state index >= 15 is 8.78 Å². The van der Waals surface area contributed by atoms with Crippen LogP contribution in [0.5, 0.6) is 0 Å². The van der Waals surface area contributed by atoms with E-state index in [2.05, 4.69) is 24.5 Å². The first-order chi connectivity index (χ1) is 18.6. The molecule has 0 bridgehead atoms. The van der Waals surface area contributed by atoms with Gasteiger partial charge in [-0.1, -0.05) is 5.21 Å². The Balaban J connectivity index is 1.62. The SMILES string of the molecule is COSC(=O)[C@@H](N)c1cn(-c2cc(F)c(N3CCN(C(=O)CC(=O)NC(CO)C(=O)OC)CC3)c(F)c2)nn1. The first kappa shape index (κ1) is 29.9. The molecule has 2 atom stereocenters. The lowest BCUT2D eigenvalue weighted by atomic mass is 10.2. The number of carbonyl (C=O) groups excluding carboxylic acids is 4. The Morgan fingerprint density at radius 2 is 1.79 bits per heavy atom. The third kappa shape index (κ3) is 7.25. The van der Waals surface area contributed by atoms with Gasteiger partial charge in [0.1, 0.15) is 23.8 Å². The molecular formula is C22H27F2N7O7S. The fraction of sp³-hybridized carbons (Fsp3) is 0.455. The molecule has 0 saturated carbocycles. The van der Waals surface area contributed by atoms with Gasteiger partial charge in [0.2, 0.25) is 16.9 Å². The van der Waals surface area contributed by atoms with E-state index < -0.39 is 59.6 Å². The van der Waals surface area contributed by atoms with Gasteiger partial charge >= 0.3 is 5.97 Å². The van der Waals surface area contributed by atoms with E-state index in [0.717, 1.165) is 23.9 Å². The quantitative estimate of drug-likeness (QED) is 0.181. The van der Waals surface area contributed by atoms with E-state index in [1.54, 1.807) is 0 Å². The number of piperazine rings is 1. The van der Waals surface area contributed by atoms with Crippen LogP contribution in [0.1, 0.15) is 18.2 Å². The highest BCUT2D eigenvalue weighted by Gasteiger charge is 2.28. The smallest absolute Gasteiger partial charge is 0.330 e. The number of aliphatic hydroxyl groups is 1. The van der Waals surface area contributed by atoms with Gasteiger partial charge in [-0.3, -0.25) is 14.4 Å². The van der Waals surface area contributed by atoms with Crippen molar-refractivity contribution in [2.45, 2.75) is 18.5 Å². The number of nitrogens with zero attached hydrogens (tertiary/aromatic N) is 5. The second-order valence-electron chi connectivity index (χ2n) is 8.26. The molecule has 212 valence electrons. The van der Waals surface area contributed by atoms with Gasteiger partial charge in [0, 0.05) is 38.3 Å². The third-order valence-corrected chi connectivity index (χ3v) is 6.36. The second-order valence-corrected chi connectivity index (χ2v) is 9.17. The Hall–Kier alpha value is -3.67. The number of ether oxygens (including phenoxy) is 1. The monoisotopic (exact) mass is 571 g/mol. The van der Waals surface area contributed by atoms with Crippen molar-refractivity contribution >= 4 is 40.6 Å². The summed E-state index contributed by atoms with van der Waals surface area (Å²) in [6.45, 7) is -0.344. The van der Waals surface area contributed by atoms with Crippen molar-refractivity contribution in [3.63, 3.8) is 0 Å². The van der Waals surface area contributed by atoms with Gasteiger partial charge in [-0.15, -0.1) is 5.10 Å². The molecule has 1 aliphatic heterocycles. The van der Waals surface area contributed by atoms with E-state index in [0.29, 0.717) is 12.0 Å². The molecule has 0 aliphatic carbocycles. The van der Waals surface area contributed by atoms with Crippen molar-refractivity contribution in [1.82, 2.24) is 25.2 Å². The molecule has 4 N–H and O–H groups in total. The van der Waals surface area contributed by atoms with Gasteiger partial charge in [-0.05, 0) is 0 Å². The van der Waals surface area contributed by atoms with E-state index in [-0.39, 0.29) is 43.2 Å². The number of methoxy groups -OCH3 is 1. The summed E-state index contributed by atoms with van der Waals surface area (Å²) in [7, 11) is 2.40. The minimum absolute atomic E-state index is 0.0134. The molecule has 2 heterocycles. The molecule has 2 amide bonds. The molecule has 0 spiro atoms. The zero-order valence-electron chi connectivity index (χ0n) is 21.0. The lowest BCUT2D eigenvalue weighted by Crippen LogP contribution is -2.51. The summed E-state index contributed by atoms with van der Waals surface area (Å²) in [5, 5.41) is 18.4. The average Bonchev–Trinajstić information content (AvgIpc) is 3.41. The lowest BCUT2D eigenvalue weighted by Gasteiger charge is -2.36.